The molecule has 0 radical (unpaired) electrons. The van der Waals surface area contributed by atoms with Gasteiger partial charge in [0.2, 0.25) is 5.72 Å². The molecule has 0 aromatic heterocycles. The van der Waals surface area contributed by atoms with Crippen LogP contribution in [0.5, 0.6) is 0 Å². The Labute approximate surface area is 109 Å². The minimum atomic E-state index is -4.62. The van der Waals surface area contributed by atoms with Crippen molar-refractivity contribution in [3.63, 3.8) is 0 Å². The molecule has 1 aliphatic heterocycles. The maximum atomic E-state index is 13.1. The molecule has 2 fully saturated rings. The van der Waals surface area contributed by atoms with Crippen molar-refractivity contribution in [2.24, 2.45) is 22.2 Å². The number of hydrazone groups is 1. The van der Waals surface area contributed by atoms with Gasteiger partial charge in [-0.1, -0.05) is 19.3 Å². The highest BCUT2D eigenvalue weighted by Gasteiger charge is 2.61. The van der Waals surface area contributed by atoms with E-state index in [1.165, 1.54) is 0 Å². The molecule has 2 rings (SSSR count). The smallest absolute Gasteiger partial charge is 0.350 e. The van der Waals surface area contributed by atoms with E-state index in [0.29, 0.717) is 5.71 Å². The predicted molar refractivity (Wildman–Crippen MR) is 63.8 cm³/mol. The van der Waals surface area contributed by atoms with Gasteiger partial charge in [-0.05, 0) is 12.8 Å². The van der Waals surface area contributed by atoms with Crippen molar-refractivity contribution in [3.8, 4) is 0 Å². The summed E-state index contributed by atoms with van der Waals surface area (Å²) in [6.07, 6.45) is -0.547. The van der Waals surface area contributed by atoms with Crippen molar-refractivity contribution in [2.45, 2.75) is 50.4 Å². The molecule has 1 saturated heterocycles. The number of hydrazine groups is 1. The van der Waals surface area contributed by atoms with E-state index in [1.807, 2.05) is 0 Å². The average molecular weight is 280 g/mol. The van der Waals surface area contributed by atoms with E-state index < -0.39 is 23.7 Å². The van der Waals surface area contributed by atoms with Gasteiger partial charge in [-0.3, -0.25) is 5.84 Å². The van der Waals surface area contributed by atoms with Crippen LogP contribution in [0.15, 0.2) is 5.10 Å². The number of ether oxygens (including phenoxy) is 1. The van der Waals surface area contributed by atoms with Crippen LogP contribution in [0.4, 0.5) is 13.2 Å². The number of halogens is 3. The highest BCUT2D eigenvalue weighted by Crippen LogP contribution is 2.47. The summed E-state index contributed by atoms with van der Waals surface area (Å²) in [7, 11) is 0. The fraction of sp³-hybridized carbons (Fsp3) is 0.909. The van der Waals surface area contributed by atoms with Crippen LogP contribution in [-0.2, 0) is 4.74 Å². The standard InChI is InChI=1S/C11H19F3N4O/c12-11(13,14)10(18-16)6-8(17-15)9(7-19-10)4-2-1-3-5-9/h18H,1-7,15-16H2/b17-8-. The van der Waals surface area contributed by atoms with E-state index >= 15 is 0 Å². The van der Waals surface area contributed by atoms with Crippen molar-refractivity contribution in [3.05, 3.63) is 0 Å². The van der Waals surface area contributed by atoms with Crippen LogP contribution in [0.2, 0.25) is 0 Å². The number of nitrogens with one attached hydrogen (secondary N) is 1. The van der Waals surface area contributed by atoms with Gasteiger partial charge >= 0.3 is 6.18 Å². The zero-order valence-electron chi connectivity index (χ0n) is 10.6. The van der Waals surface area contributed by atoms with E-state index in [-0.39, 0.29) is 6.61 Å². The first-order chi connectivity index (χ1) is 8.89. The van der Waals surface area contributed by atoms with Crippen LogP contribution in [0, 0.1) is 5.41 Å². The molecule has 1 atom stereocenters. The van der Waals surface area contributed by atoms with Gasteiger partial charge < -0.3 is 10.6 Å². The van der Waals surface area contributed by atoms with Crippen molar-refractivity contribution in [1.29, 1.82) is 0 Å². The topological polar surface area (TPSA) is 85.7 Å². The third kappa shape index (κ3) is 2.32. The second-order valence-electron chi connectivity index (χ2n) is 5.35. The first-order valence-electron chi connectivity index (χ1n) is 6.35. The van der Waals surface area contributed by atoms with Gasteiger partial charge in [0.05, 0.1) is 12.3 Å². The summed E-state index contributed by atoms with van der Waals surface area (Å²) in [5.74, 6) is 10.4. The van der Waals surface area contributed by atoms with Crippen LogP contribution < -0.4 is 17.1 Å². The van der Waals surface area contributed by atoms with Gasteiger partial charge in [0.25, 0.3) is 0 Å². The molecule has 1 unspecified atom stereocenters. The number of hydrogen-bond donors (Lipinski definition) is 3. The first-order valence-corrected chi connectivity index (χ1v) is 6.35. The molecule has 110 valence electrons. The lowest BCUT2D eigenvalue weighted by Crippen LogP contribution is -2.67. The number of nitrogens with two attached hydrogens (primary N) is 2. The molecule has 1 saturated carbocycles. The molecule has 0 amide bonds. The fourth-order valence-electron chi connectivity index (χ4n) is 3.02. The number of alkyl halides is 3. The van der Waals surface area contributed by atoms with Crippen molar-refractivity contribution >= 4 is 5.71 Å². The van der Waals surface area contributed by atoms with Gasteiger partial charge in [-0.2, -0.15) is 18.3 Å². The first kappa shape index (κ1) is 14.5. The molecule has 2 aliphatic rings. The molecule has 0 aromatic rings. The van der Waals surface area contributed by atoms with Gasteiger partial charge in [-0.15, -0.1) is 0 Å². The Bertz CT molecular complexity index is 365. The second kappa shape index (κ2) is 4.92. The molecule has 0 bridgehead atoms. The summed E-state index contributed by atoms with van der Waals surface area (Å²) < 4.78 is 44.4. The summed E-state index contributed by atoms with van der Waals surface area (Å²) in [5.41, 5.74) is -0.906. The lowest BCUT2D eigenvalue weighted by Gasteiger charge is -2.48. The monoisotopic (exact) mass is 280 g/mol. The third-order valence-corrected chi connectivity index (χ3v) is 4.28. The Morgan fingerprint density at radius 3 is 2.32 bits per heavy atom. The Morgan fingerprint density at radius 2 is 1.84 bits per heavy atom. The largest absolute Gasteiger partial charge is 0.432 e. The zero-order chi connectivity index (χ0) is 14.1. The van der Waals surface area contributed by atoms with Crippen molar-refractivity contribution < 1.29 is 17.9 Å². The summed E-state index contributed by atoms with van der Waals surface area (Å²) in [6.45, 7) is -0.0489. The number of hydrogen-bond acceptors (Lipinski definition) is 5. The molecule has 1 spiro atoms. The summed E-state index contributed by atoms with van der Waals surface area (Å²) >= 11 is 0. The Balaban J connectivity index is 2.27. The molecule has 5 nitrogen and oxygen atoms in total. The molecular weight excluding hydrogens is 261 g/mol. The second-order valence-corrected chi connectivity index (χ2v) is 5.35. The summed E-state index contributed by atoms with van der Waals surface area (Å²) in [5, 5.41) is 3.62. The van der Waals surface area contributed by atoms with Crippen LogP contribution >= 0.6 is 0 Å². The molecule has 0 aromatic carbocycles. The maximum Gasteiger partial charge on any atom is 0.432 e. The van der Waals surface area contributed by atoms with Crippen molar-refractivity contribution in [1.82, 2.24) is 5.43 Å². The SMILES string of the molecule is N/N=C1/CC(NN)(C(F)(F)F)OCC12CCCCC2. The van der Waals surface area contributed by atoms with Gasteiger partial charge in [0.15, 0.2) is 0 Å². The molecule has 8 heteroatoms. The maximum absolute atomic E-state index is 13.1. The summed E-state index contributed by atoms with van der Waals surface area (Å²) in [6, 6.07) is 0. The van der Waals surface area contributed by atoms with E-state index in [9.17, 15) is 13.2 Å². The highest BCUT2D eigenvalue weighted by atomic mass is 19.4. The van der Waals surface area contributed by atoms with Crippen LogP contribution in [-0.4, -0.2) is 24.2 Å². The molecule has 1 heterocycles. The lowest BCUT2D eigenvalue weighted by atomic mass is 9.68. The Kier molecular flexibility index (Phi) is 3.76. The van der Waals surface area contributed by atoms with Gasteiger partial charge in [0.1, 0.15) is 0 Å². The van der Waals surface area contributed by atoms with Gasteiger partial charge in [-0.25, -0.2) is 5.43 Å². The zero-order valence-corrected chi connectivity index (χ0v) is 10.6. The Morgan fingerprint density at radius 1 is 1.21 bits per heavy atom. The molecule has 19 heavy (non-hydrogen) atoms. The lowest BCUT2D eigenvalue weighted by molar-refractivity contribution is -0.300. The van der Waals surface area contributed by atoms with Crippen molar-refractivity contribution in [2.75, 3.05) is 6.61 Å². The third-order valence-electron chi connectivity index (χ3n) is 4.28. The summed E-state index contributed by atoms with van der Waals surface area (Å²) in [4.78, 5) is 0. The normalized spacial score (nSPS) is 33.8. The quantitative estimate of drug-likeness (QED) is 0.500. The molecular formula is C11H19F3N4O. The van der Waals surface area contributed by atoms with E-state index in [4.69, 9.17) is 16.4 Å². The van der Waals surface area contributed by atoms with E-state index in [2.05, 4.69) is 5.10 Å². The van der Waals surface area contributed by atoms with Crippen LogP contribution in [0.3, 0.4) is 0 Å². The van der Waals surface area contributed by atoms with Crippen LogP contribution in [0.25, 0.3) is 0 Å². The molecule has 5 N–H and O–H groups in total. The minimum Gasteiger partial charge on any atom is -0.350 e. The average Bonchev–Trinajstić information content (AvgIpc) is 2.39. The fourth-order valence-corrected chi connectivity index (χ4v) is 3.02. The highest BCUT2D eigenvalue weighted by molar-refractivity contribution is 5.91. The van der Waals surface area contributed by atoms with E-state index in [0.717, 1.165) is 32.1 Å². The number of rotatable bonds is 1. The Hall–Kier alpha value is -0.860. The van der Waals surface area contributed by atoms with E-state index in [1.54, 1.807) is 5.43 Å². The predicted octanol–water partition coefficient (Wildman–Crippen LogP) is 1.39. The minimum absolute atomic E-state index is 0.0489. The number of nitrogens with zero attached hydrogens (tertiary/aromatic N) is 1. The van der Waals surface area contributed by atoms with Crippen LogP contribution in [0.1, 0.15) is 38.5 Å². The van der Waals surface area contributed by atoms with Gasteiger partial charge in [0, 0.05) is 11.8 Å². The molecule has 1 aliphatic carbocycles.